The summed E-state index contributed by atoms with van der Waals surface area (Å²) in [7, 11) is 0. The van der Waals surface area contributed by atoms with E-state index in [0.717, 1.165) is 11.3 Å². The van der Waals surface area contributed by atoms with Crippen LogP contribution < -0.4 is 10.2 Å². The number of hydrogen-bond donors (Lipinski definition) is 1. The van der Waals surface area contributed by atoms with Gasteiger partial charge in [0.1, 0.15) is 5.82 Å². The van der Waals surface area contributed by atoms with Crippen LogP contribution in [0, 0.1) is 5.82 Å². The highest BCUT2D eigenvalue weighted by Crippen LogP contribution is 2.30. The van der Waals surface area contributed by atoms with Crippen LogP contribution in [0.2, 0.25) is 0 Å². The minimum absolute atomic E-state index is 0.0509. The summed E-state index contributed by atoms with van der Waals surface area (Å²) in [5, 5.41) is 4.78. The maximum absolute atomic E-state index is 14.2. The third kappa shape index (κ3) is 6.99. The van der Waals surface area contributed by atoms with Crippen molar-refractivity contribution >= 4 is 46.0 Å². The highest BCUT2D eigenvalue weighted by molar-refractivity contribution is 7.14. The molecule has 0 saturated heterocycles. The van der Waals surface area contributed by atoms with Gasteiger partial charge in [-0.05, 0) is 45.9 Å². The second-order valence-electron chi connectivity index (χ2n) is 7.84. The van der Waals surface area contributed by atoms with Crippen molar-refractivity contribution in [1.82, 2.24) is 15.2 Å². The third-order valence-corrected chi connectivity index (χ3v) is 4.89. The number of carbonyl (C=O) groups is 3. The molecule has 31 heavy (non-hydrogen) atoms. The van der Waals surface area contributed by atoms with Gasteiger partial charge in [-0.25, -0.2) is 9.37 Å². The van der Waals surface area contributed by atoms with Crippen molar-refractivity contribution in [3.63, 3.8) is 0 Å². The van der Waals surface area contributed by atoms with Crippen LogP contribution in [0.25, 0.3) is 6.08 Å². The quantitative estimate of drug-likeness (QED) is 0.657. The number of rotatable bonds is 7. The van der Waals surface area contributed by atoms with Gasteiger partial charge in [0.05, 0.1) is 17.9 Å². The highest BCUT2D eigenvalue weighted by Gasteiger charge is 2.21. The summed E-state index contributed by atoms with van der Waals surface area (Å²) in [4.78, 5) is 43.6. The van der Waals surface area contributed by atoms with E-state index in [0.29, 0.717) is 17.4 Å². The molecule has 2 aromatic rings. The molecule has 0 radical (unpaired) electrons. The van der Waals surface area contributed by atoms with Gasteiger partial charge in [0.15, 0.2) is 5.13 Å². The van der Waals surface area contributed by atoms with E-state index in [1.807, 2.05) is 20.8 Å². The molecule has 3 amide bonds. The predicted octanol–water partition coefficient (Wildman–Crippen LogP) is 3.74. The second-order valence-corrected chi connectivity index (χ2v) is 8.68. The van der Waals surface area contributed by atoms with E-state index in [1.54, 1.807) is 24.4 Å². The SMILES string of the molecule is CCN(CC(=O)NC(C)(C)C)C(=O)/C=C/c1csc(N(C(C)=O)c2ccccc2F)n1. The van der Waals surface area contributed by atoms with Gasteiger partial charge in [-0.2, -0.15) is 0 Å². The molecule has 0 aliphatic heterocycles. The number of benzene rings is 1. The van der Waals surface area contributed by atoms with Crippen LogP contribution in [0.15, 0.2) is 35.7 Å². The van der Waals surface area contributed by atoms with Crippen molar-refractivity contribution in [2.45, 2.75) is 40.2 Å². The van der Waals surface area contributed by atoms with Crippen molar-refractivity contribution in [3.05, 3.63) is 47.2 Å². The fraction of sp³-hybridized carbons (Fsp3) is 0.364. The average Bonchev–Trinajstić information content (AvgIpc) is 3.12. The molecule has 2 rings (SSSR count). The summed E-state index contributed by atoms with van der Waals surface area (Å²) < 4.78 is 14.2. The van der Waals surface area contributed by atoms with Crippen molar-refractivity contribution in [3.8, 4) is 0 Å². The van der Waals surface area contributed by atoms with Gasteiger partial charge < -0.3 is 10.2 Å². The Labute approximate surface area is 185 Å². The van der Waals surface area contributed by atoms with Crippen LogP contribution in [0.1, 0.15) is 40.3 Å². The van der Waals surface area contributed by atoms with Crippen molar-refractivity contribution in [1.29, 1.82) is 0 Å². The topological polar surface area (TPSA) is 82.6 Å². The van der Waals surface area contributed by atoms with Gasteiger partial charge in [0.2, 0.25) is 17.7 Å². The third-order valence-electron chi connectivity index (χ3n) is 4.05. The largest absolute Gasteiger partial charge is 0.350 e. The summed E-state index contributed by atoms with van der Waals surface area (Å²) in [5.41, 5.74) is 0.178. The first-order valence-electron chi connectivity index (χ1n) is 9.80. The Morgan fingerprint density at radius 3 is 2.48 bits per heavy atom. The minimum Gasteiger partial charge on any atom is -0.350 e. The molecule has 0 unspecified atom stereocenters. The van der Waals surface area contributed by atoms with Gasteiger partial charge in [0, 0.05) is 30.5 Å². The molecule has 0 saturated carbocycles. The van der Waals surface area contributed by atoms with Gasteiger partial charge in [-0.15, -0.1) is 11.3 Å². The smallest absolute Gasteiger partial charge is 0.247 e. The Hall–Kier alpha value is -3.07. The van der Waals surface area contributed by atoms with Gasteiger partial charge in [0.25, 0.3) is 0 Å². The summed E-state index contributed by atoms with van der Waals surface area (Å²) in [6.07, 6.45) is 2.83. The normalized spacial score (nSPS) is 11.4. The lowest BCUT2D eigenvalue weighted by Crippen LogP contribution is -2.47. The number of aromatic nitrogens is 1. The maximum Gasteiger partial charge on any atom is 0.247 e. The Morgan fingerprint density at radius 1 is 1.23 bits per heavy atom. The summed E-state index contributed by atoms with van der Waals surface area (Å²) >= 11 is 1.16. The molecule has 0 fully saturated rings. The van der Waals surface area contributed by atoms with E-state index in [1.165, 1.54) is 41.0 Å². The zero-order valence-corrected chi connectivity index (χ0v) is 19.1. The molecule has 9 heteroatoms. The number of halogens is 1. The lowest BCUT2D eigenvalue weighted by molar-refractivity contribution is -0.132. The Morgan fingerprint density at radius 2 is 1.90 bits per heavy atom. The predicted molar refractivity (Wildman–Crippen MR) is 121 cm³/mol. The number of thiazole rings is 1. The van der Waals surface area contributed by atoms with E-state index < -0.39 is 5.82 Å². The molecule has 166 valence electrons. The molecule has 1 aromatic heterocycles. The summed E-state index contributed by atoms with van der Waals surface area (Å²) in [6, 6.07) is 5.95. The highest BCUT2D eigenvalue weighted by atomic mass is 32.1. The van der Waals surface area contributed by atoms with Crippen LogP contribution in [0.4, 0.5) is 15.2 Å². The summed E-state index contributed by atoms with van der Waals surface area (Å²) in [5.74, 6) is -1.49. The van der Waals surface area contributed by atoms with Gasteiger partial charge >= 0.3 is 0 Å². The van der Waals surface area contributed by atoms with Gasteiger partial charge in [-0.1, -0.05) is 12.1 Å². The lowest BCUT2D eigenvalue weighted by Gasteiger charge is -2.24. The minimum atomic E-state index is -0.535. The van der Waals surface area contributed by atoms with E-state index in [2.05, 4.69) is 10.3 Å². The monoisotopic (exact) mass is 446 g/mol. The average molecular weight is 447 g/mol. The molecule has 0 spiro atoms. The number of para-hydroxylation sites is 1. The molecule has 1 heterocycles. The van der Waals surface area contributed by atoms with E-state index >= 15 is 0 Å². The number of nitrogens with one attached hydrogen (secondary N) is 1. The first kappa shape index (κ1) is 24.2. The number of anilines is 2. The number of nitrogens with zero attached hydrogens (tertiary/aromatic N) is 3. The van der Waals surface area contributed by atoms with Crippen LogP contribution >= 0.6 is 11.3 Å². The van der Waals surface area contributed by atoms with E-state index in [4.69, 9.17) is 0 Å². The fourth-order valence-electron chi connectivity index (χ4n) is 2.73. The molecule has 7 nitrogen and oxygen atoms in total. The first-order chi connectivity index (χ1) is 14.5. The van der Waals surface area contributed by atoms with Crippen LogP contribution in [-0.2, 0) is 14.4 Å². The molecule has 0 aliphatic rings. The summed E-state index contributed by atoms with van der Waals surface area (Å²) in [6.45, 7) is 9.04. The first-order valence-corrected chi connectivity index (χ1v) is 10.7. The molecule has 0 bridgehead atoms. The Bertz CT molecular complexity index is 981. The molecule has 0 atom stereocenters. The number of hydrogen-bond acceptors (Lipinski definition) is 5. The van der Waals surface area contributed by atoms with Crippen LogP contribution in [-0.4, -0.2) is 46.2 Å². The van der Waals surface area contributed by atoms with Gasteiger partial charge in [-0.3, -0.25) is 19.3 Å². The number of likely N-dealkylation sites (N-methyl/N-ethyl adjacent to an activating group) is 1. The zero-order valence-electron chi connectivity index (χ0n) is 18.3. The van der Waals surface area contributed by atoms with E-state index in [-0.39, 0.29) is 35.5 Å². The van der Waals surface area contributed by atoms with Crippen molar-refractivity contribution in [2.75, 3.05) is 18.0 Å². The fourth-order valence-corrected chi connectivity index (χ4v) is 3.58. The second kappa shape index (κ2) is 10.3. The van der Waals surface area contributed by atoms with Crippen molar-refractivity contribution < 1.29 is 18.8 Å². The lowest BCUT2D eigenvalue weighted by atomic mass is 10.1. The number of amides is 3. The molecular formula is C22H27FN4O3S. The molecule has 0 aliphatic carbocycles. The van der Waals surface area contributed by atoms with Crippen LogP contribution in [0.5, 0.6) is 0 Å². The maximum atomic E-state index is 14.2. The molecule has 1 N–H and O–H groups in total. The Kier molecular flexibility index (Phi) is 8.04. The Balaban J connectivity index is 2.13. The van der Waals surface area contributed by atoms with Crippen LogP contribution in [0.3, 0.4) is 0 Å². The molecular weight excluding hydrogens is 419 g/mol. The molecule has 1 aromatic carbocycles. The van der Waals surface area contributed by atoms with E-state index in [9.17, 15) is 18.8 Å². The number of carbonyl (C=O) groups excluding carboxylic acids is 3. The van der Waals surface area contributed by atoms with Crippen molar-refractivity contribution in [2.24, 2.45) is 0 Å². The standard InChI is InChI=1S/C22H27FN4O3S/c1-6-26(13-19(29)25-22(3,4)5)20(30)12-11-16-14-31-21(24-16)27(15(2)28)18-10-8-7-9-17(18)23/h7-12,14H,6,13H2,1-5H3,(H,25,29)/b12-11+. The zero-order chi connectivity index (χ0) is 23.2.